The highest BCUT2D eigenvalue weighted by Crippen LogP contribution is 2.36. The zero-order valence-electron chi connectivity index (χ0n) is 40.7. The topological polar surface area (TPSA) is 271 Å². The minimum atomic E-state index is -1.49. The molecule has 19 heteroatoms. The number of aliphatic hydroxyl groups is 6. The van der Waals surface area contributed by atoms with Crippen LogP contribution in [0.3, 0.4) is 0 Å². The van der Waals surface area contributed by atoms with E-state index in [1.54, 1.807) is 34.6 Å². The maximum atomic E-state index is 13.8. The fourth-order valence-corrected chi connectivity index (χ4v) is 9.86. The number of quaternary nitrogens is 1. The van der Waals surface area contributed by atoms with Crippen molar-refractivity contribution in [3.63, 3.8) is 0 Å². The van der Waals surface area contributed by atoms with E-state index in [0.29, 0.717) is 25.5 Å². The number of aliphatic hydroxyl groups excluding tert-OH is 5. The lowest BCUT2D eigenvalue weighted by Gasteiger charge is -2.48. The van der Waals surface area contributed by atoms with Crippen LogP contribution in [0.5, 0.6) is 0 Å². The number of rotatable bonds is 27. The molecule has 3 rings (SSSR count). The number of ketones is 1. The lowest BCUT2D eigenvalue weighted by atomic mass is 9.79. The van der Waals surface area contributed by atoms with Gasteiger partial charge in [0, 0.05) is 51.2 Å². The third-order valence-corrected chi connectivity index (χ3v) is 14.0. The van der Waals surface area contributed by atoms with Crippen LogP contribution in [-0.4, -0.2) is 192 Å². The number of hydrogen-bond acceptors (Lipinski definition) is 17. The van der Waals surface area contributed by atoms with Crippen molar-refractivity contribution in [2.24, 2.45) is 29.6 Å². The molecule has 0 amide bonds. The van der Waals surface area contributed by atoms with E-state index in [9.17, 15) is 50.1 Å². The van der Waals surface area contributed by atoms with Crippen LogP contribution >= 0.6 is 0 Å². The maximum Gasteiger partial charge on any atom is 0.305 e. The molecule has 22 atom stereocenters. The summed E-state index contributed by atoms with van der Waals surface area (Å²) < 4.78 is 48.2. The van der Waals surface area contributed by atoms with Crippen molar-refractivity contribution in [3.05, 3.63) is 0 Å². The first kappa shape index (κ1) is 57.5. The van der Waals surface area contributed by atoms with Gasteiger partial charge in [-0.2, -0.15) is 0 Å². The van der Waals surface area contributed by atoms with Gasteiger partial charge in [-0.3, -0.25) is 9.59 Å². The van der Waals surface area contributed by atoms with E-state index < -0.39 is 134 Å². The molecule has 0 aromatic carbocycles. The van der Waals surface area contributed by atoms with Crippen molar-refractivity contribution in [1.29, 1.82) is 0 Å². The first-order valence-corrected chi connectivity index (χ1v) is 23.5. The largest absolute Gasteiger partial charge is 0.481 e. The van der Waals surface area contributed by atoms with E-state index in [1.165, 1.54) is 21.1 Å². The number of likely N-dealkylation sites (N-methyl/N-ethyl adjacent to an activating group) is 1. The molecule has 0 aliphatic carbocycles. The van der Waals surface area contributed by atoms with Gasteiger partial charge < -0.3 is 83.3 Å². The second kappa shape index (κ2) is 26.3. The quantitative estimate of drug-likeness (QED) is 0.0513. The SMILES string of the molecule is CC[C@@H](O)[C@@H](CO[C@@H]1O[C@H](C)[C@@H](O)[C@@H](OC)[C@H]1OC)C[C@H](C)CCC(=O)[C@H](C)C[C@H](CC=O)[C@H](O[C@@H]1O[C@H](C)[C@@H](O[C@H]2C[C@@](C)(O)[C@@H](O)[C@H](C)O2)[C@H]([NH+](C)C)[C@H]1O)[C@@H](C)[C@H](O)CC(=O)O. The number of Topliss-reactive ketones (excluding diaryl/α,β-unsaturated/α-hetero) is 1. The van der Waals surface area contributed by atoms with Gasteiger partial charge >= 0.3 is 5.97 Å². The summed E-state index contributed by atoms with van der Waals surface area (Å²) in [7, 11) is 6.59. The van der Waals surface area contributed by atoms with Gasteiger partial charge in [0.1, 0.15) is 48.6 Å². The standard InChI is InChI=1S/C46H83NO18/c1-13-31(49)30(22-60-45-42(59-12)41(58-11)37(54)26(5)62-45)18-23(2)14-15-32(50)24(3)19-29(16-17-48)39(25(4)33(51)20-34(52)53)65-44-38(55)36(47(9)10)40(27(6)63-44)64-35-21-46(8,57)43(56)28(7)61-35/h17,23-31,33,35-45,49,51,54-57H,13-16,18-22H2,1-12H3,(H,52,53)/p+1/t23-,24-,25+,26-,27-,28+,29+,30-,31-,33-,35+,36-,37-,38-,39-,40-,41-,42-,43+,44+,45-,46-/m1/s1. The molecule has 0 aromatic rings. The Labute approximate surface area is 385 Å². The molecule has 65 heavy (non-hydrogen) atoms. The highest BCUT2D eigenvalue weighted by Gasteiger charge is 2.53. The zero-order chi connectivity index (χ0) is 49.1. The Balaban J connectivity index is 1.74. The number of methoxy groups -OCH3 is 2. The average molecular weight is 939 g/mol. The predicted molar refractivity (Wildman–Crippen MR) is 233 cm³/mol. The molecule has 3 fully saturated rings. The molecule has 0 radical (unpaired) electrons. The molecule has 3 saturated heterocycles. The van der Waals surface area contributed by atoms with Gasteiger partial charge in [-0.05, 0) is 65.2 Å². The fraction of sp³-hybridized carbons (Fsp3) is 0.935. The summed E-state index contributed by atoms with van der Waals surface area (Å²) in [5.41, 5.74) is -1.49. The van der Waals surface area contributed by atoms with Crippen molar-refractivity contribution in [2.75, 3.05) is 34.9 Å². The number of aliphatic carboxylic acids is 1. The summed E-state index contributed by atoms with van der Waals surface area (Å²) >= 11 is 0. The number of aldehydes is 1. The molecule has 380 valence electrons. The molecule has 0 bridgehead atoms. The van der Waals surface area contributed by atoms with Gasteiger partial charge in [0.05, 0.1) is 69.3 Å². The van der Waals surface area contributed by atoms with Crippen LogP contribution in [0, 0.1) is 29.6 Å². The highest BCUT2D eigenvalue weighted by atomic mass is 16.7. The Morgan fingerprint density at radius 1 is 0.862 bits per heavy atom. The van der Waals surface area contributed by atoms with E-state index in [2.05, 4.69) is 0 Å². The van der Waals surface area contributed by atoms with Crippen molar-refractivity contribution in [3.8, 4) is 0 Å². The third-order valence-electron chi connectivity index (χ3n) is 14.0. The molecule has 3 aliphatic rings. The second-order valence-corrected chi connectivity index (χ2v) is 19.6. The minimum Gasteiger partial charge on any atom is -0.481 e. The molecule has 3 heterocycles. The Morgan fingerprint density at radius 2 is 1.49 bits per heavy atom. The normalized spacial score (nSPS) is 37.1. The third kappa shape index (κ3) is 15.6. The Bertz CT molecular complexity index is 1440. The van der Waals surface area contributed by atoms with Crippen LogP contribution in [0.15, 0.2) is 0 Å². The first-order valence-electron chi connectivity index (χ1n) is 23.5. The van der Waals surface area contributed by atoms with Gasteiger partial charge in [-0.1, -0.05) is 27.7 Å². The zero-order valence-corrected chi connectivity index (χ0v) is 40.7. The Morgan fingerprint density at radius 3 is 2.05 bits per heavy atom. The van der Waals surface area contributed by atoms with Gasteiger partial charge in [-0.25, -0.2) is 0 Å². The smallest absolute Gasteiger partial charge is 0.305 e. The lowest BCUT2D eigenvalue weighted by Crippen LogP contribution is -3.14. The molecular formula is C46H84NO18+. The van der Waals surface area contributed by atoms with E-state index in [0.717, 1.165) is 4.90 Å². The summed E-state index contributed by atoms with van der Waals surface area (Å²) in [4.78, 5) is 38.6. The summed E-state index contributed by atoms with van der Waals surface area (Å²) in [6, 6.07) is -0.681. The molecule has 0 saturated carbocycles. The first-order chi connectivity index (χ1) is 30.4. The van der Waals surface area contributed by atoms with E-state index in [4.69, 9.17) is 37.9 Å². The van der Waals surface area contributed by atoms with Gasteiger partial charge in [-0.15, -0.1) is 0 Å². The second-order valence-electron chi connectivity index (χ2n) is 19.6. The summed E-state index contributed by atoms with van der Waals surface area (Å²) in [6.07, 6.45) is -12.0. The molecule has 0 aromatic heterocycles. The van der Waals surface area contributed by atoms with E-state index >= 15 is 0 Å². The number of carboxylic acid groups (broad SMARTS) is 1. The molecule has 19 nitrogen and oxygen atoms in total. The van der Waals surface area contributed by atoms with Gasteiger partial charge in [0.25, 0.3) is 0 Å². The van der Waals surface area contributed by atoms with Crippen LogP contribution < -0.4 is 4.90 Å². The van der Waals surface area contributed by atoms with Crippen LogP contribution in [0.4, 0.5) is 0 Å². The van der Waals surface area contributed by atoms with Crippen molar-refractivity contribution < 1.29 is 92.9 Å². The van der Waals surface area contributed by atoms with Crippen LogP contribution in [-0.2, 0) is 52.3 Å². The minimum absolute atomic E-state index is 0.00806. The molecule has 3 aliphatic heterocycles. The van der Waals surface area contributed by atoms with Gasteiger partial charge in [0.2, 0.25) is 0 Å². The van der Waals surface area contributed by atoms with Crippen LogP contribution in [0.25, 0.3) is 0 Å². The number of hydrogen-bond donors (Lipinski definition) is 8. The monoisotopic (exact) mass is 939 g/mol. The van der Waals surface area contributed by atoms with E-state index in [1.807, 2.05) is 27.9 Å². The summed E-state index contributed by atoms with van der Waals surface area (Å²) in [5, 5.41) is 75.4. The number of carbonyl (C=O) groups is 3. The molecular weight excluding hydrogens is 854 g/mol. The highest BCUT2D eigenvalue weighted by molar-refractivity contribution is 5.80. The number of nitrogens with one attached hydrogen (secondary N) is 1. The van der Waals surface area contributed by atoms with Crippen LogP contribution in [0.1, 0.15) is 107 Å². The molecule has 0 spiro atoms. The maximum absolute atomic E-state index is 13.8. The molecule has 0 unspecified atom stereocenters. The average Bonchev–Trinajstić information content (AvgIpc) is 3.23. The number of carbonyl (C=O) groups excluding carboxylic acids is 2. The van der Waals surface area contributed by atoms with E-state index in [-0.39, 0.29) is 49.9 Å². The van der Waals surface area contributed by atoms with Crippen LogP contribution in [0.2, 0.25) is 0 Å². The van der Waals surface area contributed by atoms with Gasteiger partial charge in [0.15, 0.2) is 25.0 Å². The molecule has 8 N–H and O–H groups in total. The van der Waals surface area contributed by atoms with Crippen molar-refractivity contribution in [1.82, 2.24) is 0 Å². The number of ether oxygens (including phenoxy) is 8. The Hall–Kier alpha value is -1.79. The summed E-state index contributed by atoms with van der Waals surface area (Å²) in [6.45, 7) is 13.9. The van der Waals surface area contributed by atoms with Crippen molar-refractivity contribution >= 4 is 18.0 Å². The fourth-order valence-electron chi connectivity index (χ4n) is 9.86. The van der Waals surface area contributed by atoms with Crippen molar-refractivity contribution in [2.45, 2.75) is 211 Å². The Kier molecular flexibility index (Phi) is 23.2. The summed E-state index contributed by atoms with van der Waals surface area (Å²) in [5.74, 6) is -3.78. The predicted octanol–water partition coefficient (Wildman–Crippen LogP) is 0.240. The lowest BCUT2D eigenvalue weighted by molar-refractivity contribution is -0.898. The number of carboxylic acids is 1.